The second-order valence-electron chi connectivity index (χ2n) is 7.20. The monoisotopic (exact) mass is 403 g/mol. The molecule has 1 aliphatic rings. The molecule has 0 aliphatic carbocycles. The van der Waals surface area contributed by atoms with Crippen LogP contribution in [-0.4, -0.2) is 18.5 Å². The maximum absolute atomic E-state index is 12.9. The van der Waals surface area contributed by atoms with Gasteiger partial charge in [-0.15, -0.1) is 0 Å². The van der Waals surface area contributed by atoms with Crippen molar-refractivity contribution >= 4 is 17.6 Å². The summed E-state index contributed by atoms with van der Waals surface area (Å²) in [6.07, 6.45) is 0.819. The summed E-state index contributed by atoms with van der Waals surface area (Å²) in [6.45, 7) is 1.31. The van der Waals surface area contributed by atoms with Gasteiger partial charge in [0.15, 0.2) is 0 Å². The number of nitrogens with zero attached hydrogens (tertiary/aromatic N) is 1. The van der Waals surface area contributed by atoms with E-state index >= 15 is 0 Å². The van der Waals surface area contributed by atoms with Crippen molar-refractivity contribution in [3.8, 4) is 0 Å². The van der Waals surface area contributed by atoms with Crippen LogP contribution in [0.25, 0.3) is 0 Å². The number of carbonyl (C=O) groups is 2. The number of hydrogen-bond donors (Lipinski definition) is 2. The Bertz CT molecular complexity index is 1050. The van der Waals surface area contributed by atoms with Crippen molar-refractivity contribution in [2.24, 2.45) is 0 Å². The van der Waals surface area contributed by atoms with Crippen molar-refractivity contribution in [1.29, 1.82) is 0 Å². The molecule has 3 aromatic rings. The minimum Gasteiger partial charge on any atom is -0.334 e. The molecule has 0 bridgehead atoms. The van der Waals surface area contributed by atoms with Crippen molar-refractivity contribution in [1.82, 2.24) is 10.6 Å². The van der Waals surface area contributed by atoms with Gasteiger partial charge in [0.2, 0.25) is 0 Å². The Balaban J connectivity index is 1.36. The van der Waals surface area contributed by atoms with E-state index in [1.807, 2.05) is 48.5 Å². The molecule has 30 heavy (non-hydrogen) atoms. The van der Waals surface area contributed by atoms with Crippen molar-refractivity contribution in [3.05, 3.63) is 101 Å². The zero-order chi connectivity index (χ0) is 20.9. The van der Waals surface area contributed by atoms with Gasteiger partial charge in [0, 0.05) is 30.9 Å². The van der Waals surface area contributed by atoms with E-state index in [1.54, 1.807) is 17.0 Å². The highest BCUT2D eigenvalue weighted by Gasteiger charge is 2.25. The summed E-state index contributed by atoms with van der Waals surface area (Å²) in [6, 6.07) is 20.9. The average molecular weight is 403 g/mol. The van der Waals surface area contributed by atoms with Crippen LogP contribution in [0, 0.1) is 5.82 Å². The fourth-order valence-electron chi connectivity index (χ4n) is 3.51. The molecule has 0 spiro atoms. The molecule has 0 saturated carbocycles. The Kier molecular flexibility index (Phi) is 5.75. The Morgan fingerprint density at radius 2 is 1.53 bits per heavy atom. The lowest BCUT2D eigenvalue weighted by Gasteiger charge is -2.18. The molecule has 6 heteroatoms. The first kappa shape index (κ1) is 19.6. The number of carbonyl (C=O) groups excluding carboxylic acids is 2. The van der Waals surface area contributed by atoms with Crippen LogP contribution in [0.1, 0.15) is 27.0 Å². The van der Waals surface area contributed by atoms with Crippen molar-refractivity contribution in [3.63, 3.8) is 0 Å². The van der Waals surface area contributed by atoms with Crippen LogP contribution in [0.15, 0.2) is 72.8 Å². The summed E-state index contributed by atoms with van der Waals surface area (Å²) in [5.41, 5.74) is 4.42. The van der Waals surface area contributed by atoms with Crippen LogP contribution in [0.5, 0.6) is 0 Å². The highest BCUT2D eigenvalue weighted by atomic mass is 19.1. The van der Waals surface area contributed by atoms with E-state index in [2.05, 4.69) is 10.6 Å². The highest BCUT2D eigenvalue weighted by molar-refractivity contribution is 6.07. The number of rotatable bonds is 5. The third kappa shape index (κ3) is 4.49. The van der Waals surface area contributed by atoms with Crippen LogP contribution >= 0.6 is 0 Å². The molecule has 3 aromatic carbocycles. The lowest BCUT2D eigenvalue weighted by molar-refractivity contribution is 0.0989. The third-order valence-electron chi connectivity index (χ3n) is 5.13. The van der Waals surface area contributed by atoms with E-state index in [9.17, 15) is 14.0 Å². The van der Waals surface area contributed by atoms with E-state index in [0.717, 1.165) is 28.8 Å². The molecule has 2 N–H and O–H groups in total. The zero-order valence-corrected chi connectivity index (χ0v) is 16.4. The quantitative estimate of drug-likeness (QED) is 0.676. The van der Waals surface area contributed by atoms with Crippen LogP contribution in [-0.2, 0) is 19.5 Å². The van der Waals surface area contributed by atoms with Gasteiger partial charge in [-0.05, 0) is 53.4 Å². The number of anilines is 1. The number of nitrogens with one attached hydrogen (secondary N) is 2. The van der Waals surface area contributed by atoms with E-state index in [0.29, 0.717) is 25.2 Å². The predicted molar refractivity (Wildman–Crippen MR) is 114 cm³/mol. The second kappa shape index (κ2) is 8.78. The van der Waals surface area contributed by atoms with E-state index in [-0.39, 0.29) is 17.8 Å². The molecule has 1 aliphatic heterocycles. The maximum Gasteiger partial charge on any atom is 0.315 e. The van der Waals surface area contributed by atoms with Gasteiger partial charge in [-0.25, -0.2) is 9.18 Å². The first-order chi connectivity index (χ1) is 14.6. The van der Waals surface area contributed by atoms with Gasteiger partial charge in [-0.3, -0.25) is 4.79 Å². The van der Waals surface area contributed by atoms with Crippen LogP contribution in [0.3, 0.4) is 0 Å². The molecule has 0 radical (unpaired) electrons. The minimum absolute atomic E-state index is 0.0171. The summed E-state index contributed by atoms with van der Waals surface area (Å²) in [5.74, 6) is -0.323. The predicted octanol–water partition coefficient (Wildman–Crippen LogP) is 4.03. The van der Waals surface area contributed by atoms with Crippen LogP contribution in [0.4, 0.5) is 14.9 Å². The lowest BCUT2D eigenvalue weighted by atomic mass is 10.1. The summed E-state index contributed by atoms with van der Waals surface area (Å²) in [5, 5.41) is 5.57. The highest BCUT2D eigenvalue weighted by Crippen LogP contribution is 2.30. The Hall–Kier alpha value is -3.67. The van der Waals surface area contributed by atoms with Crippen LogP contribution in [0.2, 0.25) is 0 Å². The fraction of sp³-hybridized carbons (Fsp3) is 0.167. The maximum atomic E-state index is 12.9. The van der Waals surface area contributed by atoms with Gasteiger partial charge in [0.05, 0.1) is 0 Å². The standard InChI is InChI=1S/C24H22FN3O2/c25-21-10-7-17(8-11-21)15-26-24(30)27-16-18-6-9-19-12-13-28(22(19)14-18)23(29)20-4-2-1-3-5-20/h1-11,14H,12-13,15-16H2,(H2,26,27,30). The Morgan fingerprint density at radius 1 is 0.867 bits per heavy atom. The lowest BCUT2D eigenvalue weighted by Crippen LogP contribution is -2.34. The number of benzene rings is 3. The molecular weight excluding hydrogens is 381 g/mol. The molecule has 0 aromatic heterocycles. The molecule has 152 valence electrons. The topological polar surface area (TPSA) is 61.4 Å². The Morgan fingerprint density at radius 3 is 2.27 bits per heavy atom. The molecule has 5 nitrogen and oxygen atoms in total. The number of urea groups is 1. The smallest absolute Gasteiger partial charge is 0.315 e. The molecule has 1 heterocycles. The first-order valence-electron chi connectivity index (χ1n) is 9.85. The molecule has 4 rings (SSSR count). The number of halogens is 1. The fourth-order valence-corrected chi connectivity index (χ4v) is 3.51. The molecular formula is C24H22FN3O2. The average Bonchev–Trinajstić information content (AvgIpc) is 3.20. The summed E-state index contributed by atoms with van der Waals surface area (Å²) < 4.78 is 12.9. The van der Waals surface area contributed by atoms with E-state index < -0.39 is 0 Å². The summed E-state index contributed by atoms with van der Waals surface area (Å²) >= 11 is 0. The van der Waals surface area contributed by atoms with Crippen LogP contribution < -0.4 is 15.5 Å². The minimum atomic E-state index is -0.308. The van der Waals surface area contributed by atoms with Gasteiger partial charge in [-0.1, -0.05) is 42.5 Å². The van der Waals surface area contributed by atoms with E-state index in [1.165, 1.54) is 12.1 Å². The van der Waals surface area contributed by atoms with Gasteiger partial charge in [0.1, 0.15) is 5.82 Å². The number of amides is 3. The van der Waals surface area contributed by atoms with Gasteiger partial charge in [-0.2, -0.15) is 0 Å². The number of fused-ring (bicyclic) bond motifs is 1. The first-order valence-corrected chi connectivity index (χ1v) is 9.85. The van der Waals surface area contributed by atoms with Gasteiger partial charge < -0.3 is 15.5 Å². The molecule has 3 amide bonds. The molecule has 0 fully saturated rings. The second-order valence-corrected chi connectivity index (χ2v) is 7.20. The van der Waals surface area contributed by atoms with Gasteiger partial charge >= 0.3 is 6.03 Å². The number of hydrogen-bond acceptors (Lipinski definition) is 2. The van der Waals surface area contributed by atoms with Crippen molar-refractivity contribution in [2.45, 2.75) is 19.5 Å². The van der Waals surface area contributed by atoms with Gasteiger partial charge in [0.25, 0.3) is 5.91 Å². The zero-order valence-electron chi connectivity index (χ0n) is 16.4. The summed E-state index contributed by atoms with van der Waals surface area (Å²) in [7, 11) is 0. The molecule has 0 saturated heterocycles. The Labute approximate surface area is 174 Å². The normalized spacial score (nSPS) is 12.4. The summed E-state index contributed by atoms with van der Waals surface area (Å²) in [4.78, 5) is 26.7. The third-order valence-corrected chi connectivity index (χ3v) is 5.13. The largest absolute Gasteiger partial charge is 0.334 e. The van der Waals surface area contributed by atoms with Crippen molar-refractivity contribution < 1.29 is 14.0 Å². The SMILES string of the molecule is O=C(NCc1ccc(F)cc1)NCc1ccc2c(c1)N(C(=O)c1ccccc1)CC2. The van der Waals surface area contributed by atoms with Crippen molar-refractivity contribution in [2.75, 3.05) is 11.4 Å². The molecule has 0 unspecified atom stereocenters. The molecule has 0 atom stereocenters. The van der Waals surface area contributed by atoms with E-state index in [4.69, 9.17) is 0 Å².